The number of hydrogen-bond acceptors (Lipinski definition) is 3. The molecule has 112 valence electrons. The lowest BCUT2D eigenvalue weighted by molar-refractivity contribution is -0.116. The molecule has 1 aliphatic heterocycles. The summed E-state index contributed by atoms with van der Waals surface area (Å²) in [5.74, 6) is 0.254. The standard InChI is InChI=1S/C14H19FN2O2.ClH/c1-19-13-8-11(3-4-12(13)15)17-14(18)5-2-10-6-7-16-9-10;/h3-4,8,10,16H,2,5-7,9H2,1H3,(H,17,18);1H. The minimum Gasteiger partial charge on any atom is -0.494 e. The SMILES string of the molecule is COc1cc(NC(=O)CCC2CCNC2)ccc1F.Cl. The number of methoxy groups -OCH3 is 1. The molecule has 0 bridgehead atoms. The lowest BCUT2D eigenvalue weighted by Crippen LogP contribution is -2.15. The molecule has 0 aromatic heterocycles. The Morgan fingerprint density at radius 2 is 2.35 bits per heavy atom. The van der Waals surface area contributed by atoms with Gasteiger partial charge in [0.1, 0.15) is 0 Å². The summed E-state index contributed by atoms with van der Waals surface area (Å²) in [6.45, 7) is 2.04. The van der Waals surface area contributed by atoms with Gasteiger partial charge in [-0.15, -0.1) is 12.4 Å². The van der Waals surface area contributed by atoms with Crippen LogP contribution in [0.15, 0.2) is 18.2 Å². The van der Waals surface area contributed by atoms with E-state index in [0.29, 0.717) is 18.0 Å². The van der Waals surface area contributed by atoms with Crippen molar-refractivity contribution < 1.29 is 13.9 Å². The van der Waals surface area contributed by atoms with Crippen molar-refractivity contribution in [2.45, 2.75) is 19.3 Å². The van der Waals surface area contributed by atoms with Crippen LogP contribution in [0.3, 0.4) is 0 Å². The highest BCUT2D eigenvalue weighted by molar-refractivity contribution is 5.90. The molecule has 0 spiro atoms. The summed E-state index contributed by atoms with van der Waals surface area (Å²) in [7, 11) is 1.40. The van der Waals surface area contributed by atoms with Crippen molar-refractivity contribution in [1.29, 1.82) is 0 Å². The van der Waals surface area contributed by atoms with Gasteiger partial charge in [-0.3, -0.25) is 4.79 Å². The molecule has 20 heavy (non-hydrogen) atoms. The molecule has 0 saturated carbocycles. The molecule has 1 amide bonds. The number of ether oxygens (including phenoxy) is 1. The van der Waals surface area contributed by atoms with Gasteiger partial charge in [0.15, 0.2) is 11.6 Å². The van der Waals surface area contributed by atoms with Crippen LogP contribution >= 0.6 is 12.4 Å². The first-order valence-electron chi connectivity index (χ1n) is 6.53. The van der Waals surface area contributed by atoms with Crippen LogP contribution in [0.1, 0.15) is 19.3 Å². The zero-order valence-electron chi connectivity index (χ0n) is 11.4. The van der Waals surface area contributed by atoms with E-state index in [-0.39, 0.29) is 24.1 Å². The second-order valence-electron chi connectivity index (χ2n) is 4.80. The Hall–Kier alpha value is -1.33. The number of anilines is 1. The molecule has 2 rings (SSSR count). The van der Waals surface area contributed by atoms with Crippen LogP contribution in [0, 0.1) is 11.7 Å². The normalized spacial score (nSPS) is 17.4. The van der Waals surface area contributed by atoms with E-state index in [9.17, 15) is 9.18 Å². The highest BCUT2D eigenvalue weighted by atomic mass is 35.5. The molecule has 1 heterocycles. The van der Waals surface area contributed by atoms with E-state index in [0.717, 1.165) is 25.9 Å². The molecule has 0 aliphatic carbocycles. The first-order chi connectivity index (χ1) is 9.19. The molecule has 6 heteroatoms. The molecular weight excluding hydrogens is 283 g/mol. The van der Waals surface area contributed by atoms with Crippen molar-refractivity contribution in [1.82, 2.24) is 5.32 Å². The average molecular weight is 303 g/mol. The van der Waals surface area contributed by atoms with E-state index < -0.39 is 5.82 Å². The van der Waals surface area contributed by atoms with Gasteiger partial charge in [-0.1, -0.05) is 0 Å². The van der Waals surface area contributed by atoms with Crippen LogP contribution in [-0.2, 0) is 4.79 Å². The van der Waals surface area contributed by atoms with Crippen molar-refractivity contribution in [3.63, 3.8) is 0 Å². The molecule has 1 fully saturated rings. The van der Waals surface area contributed by atoms with Gasteiger partial charge in [-0.05, 0) is 44.0 Å². The summed E-state index contributed by atoms with van der Waals surface area (Å²) in [4.78, 5) is 11.8. The predicted octanol–water partition coefficient (Wildman–Crippen LogP) is 2.58. The summed E-state index contributed by atoms with van der Waals surface area (Å²) in [5.41, 5.74) is 0.563. The summed E-state index contributed by atoms with van der Waals surface area (Å²) in [5, 5.41) is 6.04. The summed E-state index contributed by atoms with van der Waals surface area (Å²) >= 11 is 0. The number of hydrogen-bond donors (Lipinski definition) is 2. The topological polar surface area (TPSA) is 50.4 Å². The van der Waals surface area contributed by atoms with E-state index in [1.165, 1.54) is 25.3 Å². The van der Waals surface area contributed by atoms with Crippen molar-refractivity contribution in [2.24, 2.45) is 5.92 Å². The smallest absolute Gasteiger partial charge is 0.224 e. The summed E-state index contributed by atoms with van der Waals surface area (Å²) < 4.78 is 18.1. The Labute approximate surface area is 124 Å². The van der Waals surface area contributed by atoms with Gasteiger partial charge < -0.3 is 15.4 Å². The fourth-order valence-electron chi connectivity index (χ4n) is 2.26. The number of amides is 1. The summed E-state index contributed by atoms with van der Waals surface area (Å²) in [6, 6.07) is 4.31. The summed E-state index contributed by atoms with van der Waals surface area (Å²) in [6.07, 6.45) is 2.51. The zero-order valence-corrected chi connectivity index (χ0v) is 12.3. The van der Waals surface area contributed by atoms with Crippen LogP contribution in [-0.4, -0.2) is 26.1 Å². The van der Waals surface area contributed by atoms with E-state index in [2.05, 4.69) is 10.6 Å². The predicted molar refractivity (Wildman–Crippen MR) is 79.0 cm³/mol. The van der Waals surface area contributed by atoms with Gasteiger partial charge in [-0.2, -0.15) is 0 Å². The second kappa shape index (κ2) is 8.07. The Balaban J connectivity index is 0.00000200. The van der Waals surface area contributed by atoms with Gasteiger partial charge in [-0.25, -0.2) is 4.39 Å². The van der Waals surface area contributed by atoms with Crippen LogP contribution in [0.5, 0.6) is 5.75 Å². The molecular formula is C14H20ClFN2O2. The number of rotatable bonds is 5. The third-order valence-electron chi connectivity index (χ3n) is 3.38. The lowest BCUT2D eigenvalue weighted by atomic mass is 10.0. The van der Waals surface area contributed by atoms with Crippen LogP contribution in [0.2, 0.25) is 0 Å². The van der Waals surface area contributed by atoms with Gasteiger partial charge in [0.05, 0.1) is 7.11 Å². The van der Waals surface area contributed by atoms with Gasteiger partial charge in [0, 0.05) is 18.2 Å². The first-order valence-corrected chi connectivity index (χ1v) is 6.53. The van der Waals surface area contributed by atoms with Gasteiger partial charge >= 0.3 is 0 Å². The maximum atomic E-state index is 13.2. The van der Waals surface area contributed by atoms with E-state index in [1.807, 2.05) is 0 Å². The number of carbonyl (C=O) groups is 1. The Bertz CT molecular complexity index is 451. The van der Waals surface area contributed by atoms with Crippen molar-refractivity contribution in [3.05, 3.63) is 24.0 Å². The molecule has 1 unspecified atom stereocenters. The fourth-order valence-corrected chi connectivity index (χ4v) is 2.26. The maximum absolute atomic E-state index is 13.2. The number of benzene rings is 1. The number of halogens is 2. The zero-order chi connectivity index (χ0) is 13.7. The second-order valence-corrected chi connectivity index (χ2v) is 4.80. The average Bonchev–Trinajstić information content (AvgIpc) is 2.92. The Morgan fingerprint density at radius 1 is 1.55 bits per heavy atom. The first kappa shape index (κ1) is 16.7. The Kier molecular flexibility index (Phi) is 6.75. The quantitative estimate of drug-likeness (QED) is 0.879. The molecule has 0 radical (unpaired) electrons. The Morgan fingerprint density at radius 3 is 3.00 bits per heavy atom. The molecule has 1 aromatic rings. The largest absolute Gasteiger partial charge is 0.494 e. The minimum absolute atomic E-state index is 0. The lowest BCUT2D eigenvalue weighted by Gasteiger charge is -2.10. The molecule has 1 atom stereocenters. The number of carbonyl (C=O) groups excluding carboxylic acids is 1. The third kappa shape index (κ3) is 4.65. The molecule has 4 nitrogen and oxygen atoms in total. The maximum Gasteiger partial charge on any atom is 0.224 e. The van der Waals surface area contributed by atoms with Crippen LogP contribution < -0.4 is 15.4 Å². The third-order valence-corrected chi connectivity index (χ3v) is 3.38. The minimum atomic E-state index is -0.433. The van der Waals surface area contributed by atoms with Crippen LogP contribution in [0.25, 0.3) is 0 Å². The van der Waals surface area contributed by atoms with Gasteiger partial charge in [0.25, 0.3) is 0 Å². The number of nitrogens with one attached hydrogen (secondary N) is 2. The van der Waals surface area contributed by atoms with Crippen LogP contribution in [0.4, 0.5) is 10.1 Å². The van der Waals surface area contributed by atoms with Crippen molar-refractivity contribution in [2.75, 3.05) is 25.5 Å². The molecule has 1 aromatic carbocycles. The van der Waals surface area contributed by atoms with Crippen molar-refractivity contribution >= 4 is 24.0 Å². The van der Waals surface area contributed by atoms with Gasteiger partial charge in [0.2, 0.25) is 5.91 Å². The van der Waals surface area contributed by atoms with Crippen molar-refractivity contribution in [3.8, 4) is 5.75 Å². The van der Waals surface area contributed by atoms with E-state index in [4.69, 9.17) is 4.74 Å². The molecule has 1 aliphatic rings. The molecule has 2 N–H and O–H groups in total. The van der Waals surface area contributed by atoms with E-state index >= 15 is 0 Å². The molecule has 1 saturated heterocycles. The highest BCUT2D eigenvalue weighted by Crippen LogP contribution is 2.22. The monoisotopic (exact) mass is 302 g/mol. The highest BCUT2D eigenvalue weighted by Gasteiger charge is 2.15. The van der Waals surface area contributed by atoms with E-state index in [1.54, 1.807) is 0 Å². The fraction of sp³-hybridized carbons (Fsp3) is 0.500.